The Morgan fingerprint density at radius 1 is 1.08 bits per heavy atom. The molecule has 0 aliphatic carbocycles. The molecule has 0 saturated carbocycles. The SMILES string of the molecule is O=C(O)CCc1cc2n(n1)CCN(c1ccc(-c3ccccc3)nn1)C2. The maximum Gasteiger partial charge on any atom is 0.303 e. The fourth-order valence-electron chi connectivity index (χ4n) is 3.14. The van der Waals surface area contributed by atoms with Crippen LogP contribution in [0.2, 0.25) is 0 Å². The summed E-state index contributed by atoms with van der Waals surface area (Å²) in [6, 6.07) is 15.9. The van der Waals surface area contributed by atoms with Gasteiger partial charge in [-0.2, -0.15) is 5.10 Å². The Hall–Kier alpha value is -3.22. The molecule has 3 aromatic rings. The molecule has 3 heterocycles. The van der Waals surface area contributed by atoms with Crippen LogP contribution in [0.1, 0.15) is 17.8 Å². The third kappa shape index (κ3) is 3.42. The summed E-state index contributed by atoms with van der Waals surface area (Å²) in [5, 5.41) is 22.1. The van der Waals surface area contributed by atoms with E-state index in [2.05, 4.69) is 20.2 Å². The molecule has 132 valence electrons. The molecule has 0 radical (unpaired) electrons. The number of aromatic nitrogens is 4. The minimum absolute atomic E-state index is 0.104. The van der Waals surface area contributed by atoms with E-state index in [4.69, 9.17) is 5.11 Å². The Morgan fingerprint density at radius 3 is 2.65 bits per heavy atom. The van der Waals surface area contributed by atoms with Gasteiger partial charge in [-0.3, -0.25) is 9.48 Å². The van der Waals surface area contributed by atoms with E-state index in [0.717, 1.165) is 41.6 Å². The van der Waals surface area contributed by atoms with E-state index in [1.165, 1.54) is 0 Å². The zero-order valence-electron chi connectivity index (χ0n) is 14.2. The van der Waals surface area contributed by atoms with Gasteiger partial charge in [0.1, 0.15) is 0 Å². The van der Waals surface area contributed by atoms with Gasteiger partial charge in [-0.25, -0.2) is 0 Å². The number of carboxylic acid groups (broad SMARTS) is 1. The zero-order chi connectivity index (χ0) is 17.9. The molecule has 1 N–H and O–H groups in total. The molecule has 0 amide bonds. The number of hydrogen-bond acceptors (Lipinski definition) is 5. The molecule has 1 aliphatic rings. The summed E-state index contributed by atoms with van der Waals surface area (Å²) < 4.78 is 1.96. The Balaban J connectivity index is 1.47. The Morgan fingerprint density at radius 2 is 1.92 bits per heavy atom. The highest BCUT2D eigenvalue weighted by molar-refractivity contribution is 5.67. The number of benzene rings is 1. The fourth-order valence-corrected chi connectivity index (χ4v) is 3.14. The van der Waals surface area contributed by atoms with Crippen LogP contribution in [-0.2, 0) is 24.3 Å². The predicted molar refractivity (Wildman–Crippen MR) is 96.7 cm³/mol. The molecule has 26 heavy (non-hydrogen) atoms. The number of nitrogens with zero attached hydrogens (tertiary/aromatic N) is 5. The second-order valence-electron chi connectivity index (χ2n) is 6.31. The van der Waals surface area contributed by atoms with E-state index >= 15 is 0 Å². The molecule has 4 rings (SSSR count). The van der Waals surface area contributed by atoms with Gasteiger partial charge in [0, 0.05) is 18.5 Å². The Labute approximate surface area is 150 Å². The number of aryl methyl sites for hydroxylation is 1. The third-order valence-electron chi connectivity index (χ3n) is 4.49. The van der Waals surface area contributed by atoms with Gasteiger partial charge < -0.3 is 10.0 Å². The van der Waals surface area contributed by atoms with Gasteiger partial charge >= 0.3 is 5.97 Å². The van der Waals surface area contributed by atoms with Gasteiger partial charge in [0.25, 0.3) is 0 Å². The number of rotatable bonds is 5. The van der Waals surface area contributed by atoms with E-state index in [1.54, 1.807) is 0 Å². The summed E-state index contributed by atoms with van der Waals surface area (Å²) in [5.41, 5.74) is 3.80. The van der Waals surface area contributed by atoms with E-state index in [0.29, 0.717) is 13.0 Å². The van der Waals surface area contributed by atoms with E-state index < -0.39 is 5.97 Å². The molecule has 0 bridgehead atoms. The van der Waals surface area contributed by atoms with Crippen molar-refractivity contribution in [1.29, 1.82) is 0 Å². The van der Waals surface area contributed by atoms with Crippen molar-refractivity contribution < 1.29 is 9.90 Å². The van der Waals surface area contributed by atoms with Crippen molar-refractivity contribution in [2.45, 2.75) is 25.9 Å². The molecule has 7 heteroatoms. The molecule has 0 unspecified atom stereocenters. The average Bonchev–Trinajstić information content (AvgIpc) is 3.09. The van der Waals surface area contributed by atoms with Crippen LogP contribution in [0.15, 0.2) is 48.5 Å². The van der Waals surface area contributed by atoms with Crippen molar-refractivity contribution in [2.24, 2.45) is 0 Å². The number of anilines is 1. The molecular formula is C19H19N5O2. The van der Waals surface area contributed by atoms with Gasteiger partial charge in [0.05, 0.1) is 36.6 Å². The lowest BCUT2D eigenvalue weighted by molar-refractivity contribution is -0.136. The Kier molecular flexibility index (Phi) is 4.35. The first-order valence-corrected chi connectivity index (χ1v) is 8.60. The highest BCUT2D eigenvalue weighted by Crippen LogP contribution is 2.22. The molecule has 0 saturated heterocycles. The number of carbonyl (C=O) groups is 1. The standard InChI is InChI=1S/C19H19N5O2/c25-19(26)9-6-15-12-16-13-23(10-11-24(16)22-15)18-8-7-17(20-21-18)14-4-2-1-3-5-14/h1-5,7-8,12H,6,9-11,13H2,(H,25,26). The summed E-state index contributed by atoms with van der Waals surface area (Å²) in [4.78, 5) is 12.9. The van der Waals surface area contributed by atoms with Crippen LogP contribution in [0.5, 0.6) is 0 Å². The highest BCUT2D eigenvalue weighted by atomic mass is 16.4. The maximum atomic E-state index is 10.7. The summed E-state index contributed by atoms with van der Waals surface area (Å²) in [6.07, 6.45) is 0.563. The zero-order valence-corrected chi connectivity index (χ0v) is 14.2. The molecule has 1 aliphatic heterocycles. The molecule has 7 nitrogen and oxygen atoms in total. The Bertz CT molecular complexity index is 905. The summed E-state index contributed by atoms with van der Waals surface area (Å²) in [7, 11) is 0. The van der Waals surface area contributed by atoms with Crippen LogP contribution in [0.3, 0.4) is 0 Å². The first-order valence-electron chi connectivity index (χ1n) is 8.60. The van der Waals surface area contributed by atoms with Crippen molar-refractivity contribution in [3.63, 3.8) is 0 Å². The minimum Gasteiger partial charge on any atom is -0.481 e. The minimum atomic E-state index is -0.800. The van der Waals surface area contributed by atoms with Crippen molar-refractivity contribution in [3.05, 3.63) is 59.9 Å². The molecule has 0 spiro atoms. The summed E-state index contributed by atoms with van der Waals surface area (Å²) >= 11 is 0. The molecular weight excluding hydrogens is 330 g/mol. The summed E-state index contributed by atoms with van der Waals surface area (Å²) in [6.45, 7) is 2.25. The van der Waals surface area contributed by atoms with Crippen molar-refractivity contribution in [2.75, 3.05) is 11.4 Å². The summed E-state index contributed by atoms with van der Waals surface area (Å²) in [5.74, 6) is 0.0376. The largest absolute Gasteiger partial charge is 0.481 e. The number of hydrogen-bond donors (Lipinski definition) is 1. The lowest BCUT2D eigenvalue weighted by atomic mass is 10.1. The molecule has 1 aromatic carbocycles. The van der Waals surface area contributed by atoms with Gasteiger partial charge in [-0.15, -0.1) is 10.2 Å². The number of carboxylic acids is 1. The second kappa shape index (κ2) is 6.95. The van der Waals surface area contributed by atoms with Gasteiger partial charge in [0.15, 0.2) is 5.82 Å². The normalized spacial score (nSPS) is 13.5. The van der Waals surface area contributed by atoms with Crippen molar-refractivity contribution >= 4 is 11.8 Å². The fraction of sp³-hybridized carbons (Fsp3) is 0.263. The third-order valence-corrected chi connectivity index (χ3v) is 4.49. The molecule has 2 aromatic heterocycles. The maximum absolute atomic E-state index is 10.7. The van der Waals surface area contributed by atoms with Crippen LogP contribution in [0, 0.1) is 0 Å². The number of fused-ring (bicyclic) bond motifs is 1. The van der Waals surface area contributed by atoms with Crippen LogP contribution >= 0.6 is 0 Å². The lowest BCUT2D eigenvalue weighted by Crippen LogP contribution is -2.34. The van der Waals surface area contributed by atoms with Crippen molar-refractivity contribution in [3.8, 4) is 11.3 Å². The van der Waals surface area contributed by atoms with E-state index in [9.17, 15) is 4.79 Å². The first kappa shape index (κ1) is 16.3. The monoisotopic (exact) mass is 349 g/mol. The number of aliphatic carboxylic acids is 1. The molecule has 0 atom stereocenters. The van der Waals surface area contributed by atoms with Crippen molar-refractivity contribution in [1.82, 2.24) is 20.0 Å². The topological polar surface area (TPSA) is 84.1 Å². The van der Waals surface area contributed by atoms with Gasteiger partial charge in [-0.05, 0) is 18.2 Å². The van der Waals surface area contributed by atoms with Crippen LogP contribution in [-0.4, -0.2) is 37.6 Å². The van der Waals surface area contributed by atoms with Gasteiger partial charge in [0.2, 0.25) is 0 Å². The van der Waals surface area contributed by atoms with Crippen LogP contribution in [0.4, 0.5) is 5.82 Å². The highest BCUT2D eigenvalue weighted by Gasteiger charge is 2.20. The predicted octanol–water partition coefficient (Wildman–Crippen LogP) is 2.38. The molecule has 0 fully saturated rings. The smallest absolute Gasteiger partial charge is 0.303 e. The van der Waals surface area contributed by atoms with Gasteiger partial charge in [-0.1, -0.05) is 30.3 Å². The van der Waals surface area contributed by atoms with Crippen LogP contribution in [0.25, 0.3) is 11.3 Å². The second-order valence-corrected chi connectivity index (χ2v) is 6.31. The quantitative estimate of drug-likeness (QED) is 0.761. The van der Waals surface area contributed by atoms with E-state index in [1.807, 2.05) is 53.2 Å². The lowest BCUT2D eigenvalue weighted by Gasteiger charge is -2.28. The van der Waals surface area contributed by atoms with Crippen LogP contribution < -0.4 is 4.90 Å². The average molecular weight is 349 g/mol. The first-order chi connectivity index (χ1) is 12.7. The van der Waals surface area contributed by atoms with E-state index in [-0.39, 0.29) is 6.42 Å².